The summed E-state index contributed by atoms with van der Waals surface area (Å²) in [6, 6.07) is 97.0. The highest BCUT2D eigenvalue weighted by Gasteiger charge is 2.38. The van der Waals surface area contributed by atoms with Crippen LogP contribution < -0.4 is 0 Å². The molecule has 0 radical (unpaired) electrons. The van der Waals surface area contributed by atoms with Crippen LogP contribution in [0.15, 0.2) is 284 Å². The van der Waals surface area contributed by atoms with Gasteiger partial charge < -0.3 is 4.42 Å². The van der Waals surface area contributed by atoms with Gasteiger partial charge in [-0.1, -0.05) is 249 Å². The lowest BCUT2D eigenvalue weighted by atomic mass is 9.71. The minimum atomic E-state index is 0.628. The van der Waals surface area contributed by atoms with Crippen LogP contribution in [-0.4, -0.2) is 30.8 Å². The van der Waals surface area contributed by atoms with E-state index in [-0.39, 0.29) is 0 Å². The van der Waals surface area contributed by atoms with Crippen LogP contribution in [0.25, 0.3) is 156 Å². The van der Waals surface area contributed by atoms with Gasteiger partial charge in [-0.25, -0.2) is 0 Å². The van der Waals surface area contributed by atoms with Crippen LogP contribution in [0.4, 0.5) is 0 Å². The molecule has 15 aromatic rings. The molecular formula is C81H54N6O. The fourth-order valence-electron chi connectivity index (χ4n) is 13.8. The molecule has 0 atom stereocenters. The Kier molecular flexibility index (Phi) is 12.9. The SMILES string of the molecule is Cc1cc2c(c(-c3c(-c4ccccc4)c(-c4ccccc4)c(-c4nnnc(-c5ccccc5)c4-c4ccccc4-c4ccccc4)c(-c4c(-c5ccccc5-c5ccccc5)ccc5oc6ccccc6c45)c3-c3ccnnn3)c1C)Cc1ccccc1-2. The third kappa shape index (κ3) is 8.66. The maximum Gasteiger partial charge on any atom is 0.136 e. The lowest BCUT2D eigenvalue weighted by molar-refractivity contribution is 0.669. The van der Waals surface area contributed by atoms with Gasteiger partial charge in [0, 0.05) is 55.3 Å². The molecule has 0 saturated carbocycles. The van der Waals surface area contributed by atoms with Gasteiger partial charge >= 0.3 is 0 Å². The van der Waals surface area contributed by atoms with Crippen molar-refractivity contribution in [3.8, 4) is 134 Å². The summed E-state index contributed by atoms with van der Waals surface area (Å²) < 4.78 is 7.12. The van der Waals surface area contributed by atoms with E-state index in [1.54, 1.807) is 6.20 Å². The molecule has 0 bridgehead atoms. The molecule has 3 heterocycles. The molecule has 16 rings (SSSR count). The predicted octanol–water partition coefficient (Wildman–Crippen LogP) is 20.5. The van der Waals surface area contributed by atoms with Crippen molar-refractivity contribution in [3.05, 3.63) is 301 Å². The third-order valence-electron chi connectivity index (χ3n) is 17.7. The number of fused-ring (bicyclic) bond motifs is 6. The topological polar surface area (TPSA) is 90.5 Å². The molecule has 1 aliphatic rings. The standard InChI is InChI=1S/C81H54N6O/c1-50-48-65-60-39-19-18-36-57(60)49-66(65)70(51(50)2)77-71(54-30-12-5-13-31-54)72(55-32-14-6-15-33-55)79(81-75(80(84-87-85-81)56-34-16-7-17-35-56)62-41-23-21-38-59(62)53-28-10-4-11-29-53)78(76(77)67-46-47-82-86-83-67)74-63(44-45-69-73(74)64-42-24-25-43-68(64)88-69)61-40-22-20-37-58(61)52-26-8-3-9-27-52/h3-48H,49H2,1-2H3. The van der Waals surface area contributed by atoms with Crippen molar-refractivity contribution < 1.29 is 4.42 Å². The smallest absolute Gasteiger partial charge is 0.136 e. The van der Waals surface area contributed by atoms with Crippen molar-refractivity contribution in [2.75, 3.05) is 0 Å². The van der Waals surface area contributed by atoms with Gasteiger partial charge in [0.15, 0.2) is 0 Å². The molecule has 0 fully saturated rings. The van der Waals surface area contributed by atoms with Crippen LogP contribution in [0, 0.1) is 13.8 Å². The fraction of sp³-hybridized carbons (Fsp3) is 0.0370. The van der Waals surface area contributed by atoms with E-state index >= 15 is 0 Å². The fourth-order valence-corrected chi connectivity index (χ4v) is 13.8. The highest BCUT2D eigenvalue weighted by atomic mass is 16.3. The lowest BCUT2D eigenvalue weighted by Gasteiger charge is -2.31. The summed E-state index contributed by atoms with van der Waals surface area (Å²) in [5.74, 6) is 0. The van der Waals surface area contributed by atoms with E-state index in [1.165, 1.54) is 33.4 Å². The Morgan fingerprint density at radius 3 is 1.49 bits per heavy atom. The maximum atomic E-state index is 7.12. The number of aromatic nitrogens is 6. The van der Waals surface area contributed by atoms with Crippen LogP contribution >= 0.6 is 0 Å². The second-order valence-corrected chi connectivity index (χ2v) is 22.6. The lowest BCUT2D eigenvalue weighted by Crippen LogP contribution is -2.09. The van der Waals surface area contributed by atoms with Crippen molar-refractivity contribution in [1.29, 1.82) is 0 Å². The van der Waals surface area contributed by atoms with Gasteiger partial charge in [0.25, 0.3) is 0 Å². The van der Waals surface area contributed by atoms with Crippen molar-refractivity contribution in [3.63, 3.8) is 0 Å². The number of furan rings is 1. The number of para-hydroxylation sites is 1. The Balaban J connectivity index is 1.24. The summed E-state index contributed by atoms with van der Waals surface area (Å²) >= 11 is 0. The van der Waals surface area contributed by atoms with Crippen LogP contribution in [0.2, 0.25) is 0 Å². The summed E-state index contributed by atoms with van der Waals surface area (Å²) in [6.07, 6.45) is 2.50. The minimum absolute atomic E-state index is 0.628. The zero-order chi connectivity index (χ0) is 58.7. The molecule has 7 heteroatoms. The number of hydrogen-bond acceptors (Lipinski definition) is 7. The van der Waals surface area contributed by atoms with Crippen LogP contribution in [0.1, 0.15) is 22.3 Å². The normalized spacial score (nSPS) is 11.7. The Labute approximate surface area is 510 Å². The van der Waals surface area contributed by atoms with E-state index in [4.69, 9.17) is 24.9 Å². The quantitative estimate of drug-likeness (QED) is 0.127. The zero-order valence-corrected chi connectivity index (χ0v) is 48.4. The summed E-state index contributed by atoms with van der Waals surface area (Å²) in [4.78, 5) is 0. The van der Waals surface area contributed by atoms with E-state index in [9.17, 15) is 0 Å². The van der Waals surface area contributed by atoms with E-state index in [0.717, 1.165) is 134 Å². The maximum absolute atomic E-state index is 7.12. The van der Waals surface area contributed by atoms with Crippen LogP contribution in [-0.2, 0) is 6.42 Å². The molecule has 7 nitrogen and oxygen atoms in total. The average molecular weight is 1130 g/mol. The first-order valence-corrected chi connectivity index (χ1v) is 29.8. The zero-order valence-electron chi connectivity index (χ0n) is 48.4. The van der Waals surface area contributed by atoms with E-state index < -0.39 is 0 Å². The summed E-state index contributed by atoms with van der Waals surface area (Å²) in [7, 11) is 0. The Hall–Kier alpha value is -11.5. The van der Waals surface area contributed by atoms with Crippen LogP contribution in [0.5, 0.6) is 0 Å². The van der Waals surface area contributed by atoms with Crippen LogP contribution in [0.3, 0.4) is 0 Å². The molecule has 0 unspecified atom stereocenters. The van der Waals surface area contributed by atoms with E-state index in [2.05, 4.69) is 279 Å². The highest BCUT2D eigenvalue weighted by Crippen LogP contribution is 2.62. The highest BCUT2D eigenvalue weighted by molar-refractivity contribution is 6.25. The molecule has 12 aromatic carbocycles. The largest absolute Gasteiger partial charge is 0.456 e. The number of hydrogen-bond donors (Lipinski definition) is 0. The van der Waals surface area contributed by atoms with Gasteiger partial charge in [-0.15, -0.1) is 20.4 Å². The van der Waals surface area contributed by atoms with Crippen molar-refractivity contribution in [2.24, 2.45) is 0 Å². The molecule has 3 aromatic heterocycles. The van der Waals surface area contributed by atoms with Gasteiger partial charge in [0.2, 0.25) is 0 Å². The first kappa shape index (κ1) is 52.0. The Bertz CT molecular complexity index is 5170. The average Bonchev–Trinajstić information content (AvgIpc) is 1.04. The van der Waals surface area contributed by atoms with E-state index in [0.29, 0.717) is 17.1 Å². The first-order chi connectivity index (χ1) is 43.6. The summed E-state index contributed by atoms with van der Waals surface area (Å²) in [5, 5.41) is 31.9. The monoisotopic (exact) mass is 1130 g/mol. The summed E-state index contributed by atoms with van der Waals surface area (Å²) in [5.41, 5.74) is 29.3. The molecule has 0 spiro atoms. The van der Waals surface area contributed by atoms with Gasteiger partial charge in [-0.2, -0.15) is 0 Å². The van der Waals surface area contributed by atoms with Crippen molar-refractivity contribution in [2.45, 2.75) is 20.3 Å². The molecule has 0 N–H and O–H groups in total. The molecular weight excluding hydrogens is 1070 g/mol. The van der Waals surface area contributed by atoms with Crippen molar-refractivity contribution >= 4 is 21.9 Å². The van der Waals surface area contributed by atoms with Gasteiger partial charge in [-0.05, 0) is 150 Å². The molecule has 0 amide bonds. The minimum Gasteiger partial charge on any atom is -0.456 e. The molecule has 0 aliphatic heterocycles. The molecule has 88 heavy (non-hydrogen) atoms. The van der Waals surface area contributed by atoms with Crippen molar-refractivity contribution in [1.82, 2.24) is 30.8 Å². The van der Waals surface area contributed by atoms with Gasteiger partial charge in [0.05, 0.1) is 11.9 Å². The second kappa shape index (κ2) is 21.8. The number of nitrogens with zero attached hydrogens (tertiary/aromatic N) is 6. The Morgan fingerprint density at radius 2 is 0.841 bits per heavy atom. The number of benzene rings is 12. The molecule has 1 aliphatic carbocycles. The Morgan fingerprint density at radius 1 is 0.318 bits per heavy atom. The summed E-state index contributed by atoms with van der Waals surface area (Å²) in [6.45, 7) is 4.55. The van der Waals surface area contributed by atoms with Gasteiger partial charge in [-0.3, -0.25) is 0 Å². The first-order valence-electron chi connectivity index (χ1n) is 29.8. The number of rotatable bonds is 11. The third-order valence-corrected chi connectivity index (χ3v) is 17.7. The second-order valence-electron chi connectivity index (χ2n) is 22.6. The van der Waals surface area contributed by atoms with E-state index in [1.807, 2.05) is 18.2 Å². The van der Waals surface area contributed by atoms with Gasteiger partial charge in [0.1, 0.15) is 22.6 Å². The molecule has 414 valence electrons. The molecule has 0 saturated heterocycles. The predicted molar refractivity (Wildman–Crippen MR) is 358 cm³/mol. The number of aryl methyl sites for hydroxylation is 1.